The molecule has 2 rings (SSSR count). The molecule has 0 fully saturated rings. The van der Waals surface area contributed by atoms with Crippen molar-refractivity contribution in [3.05, 3.63) is 62.6 Å². The normalized spacial score (nSPS) is 10.5. The van der Waals surface area contributed by atoms with E-state index in [9.17, 15) is 4.79 Å². The molecule has 0 atom stereocenters. The predicted molar refractivity (Wildman–Crippen MR) is 80.2 cm³/mol. The van der Waals surface area contributed by atoms with Gasteiger partial charge < -0.3 is 5.73 Å². The van der Waals surface area contributed by atoms with E-state index in [1.165, 1.54) is 6.07 Å². The molecule has 0 heterocycles. The number of hydrogen-bond donors (Lipinski definition) is 1. The summed E-state index contributed by atoms with van der Waals surface area (Å²) in [5.41, 5.74) is 9.07. The van der Waals surface area contributed by atoms with Crippen molar-refractivity contribution in [3.8, 4) is 0 Å². The van der Waals surface area contributed by atoms with Crippen molar-refractivity contribution in [1.82, 2.24) is 0 Å². The van der Waals surface area contributed by atoms with Crippen molar-refractivity contribution >= 4 is 34.7 Å². The standard InChI is InChI=1S/C15H13Cl2NO/c1-8-3-4-11(9(2)5-8)15(19)12-6-10(18)7-13(16)14(12)17/h3-7H,18H2,1-2H3. The van der Waals surface area contributed by atoms with Gasteiger partial charge in [-0.05, 0) is 31.5 Å². The number of nitrogen functional groups attached to an aromatic ring is 1. The number of ketones is 1. The van der Waals surface area contributed by atoms with Gasteiger partial charge in [0.05, 0.1) is 10.0 Å². The van der Waals surface area contributed by atoms with Gasteiger partial charge in [-0.25, -0.2) is 0 Å². The number of nitrogens with two attached hydrogens (primary N) is 1. The van der Waals surface area contributed by atoms with Gasteiger partial charge in [-0.2, -0.15) is 0 Å². The second-order valence-corrected chi connectivity index (χ2v) is 5.30. The molecule has 0 saturated heterocycles. The summed E-state index contributed by atoms with van der Waals surface area (Å²) >= 11 is 12.0. The van der Waals surface area contributed by atoms with Crippen LogP contribution in [0.15, 0.2) is 30.3 Å². The zero-order valence-corrected chi connectivity index (χ0v) is 12.1. The van der Waals surface area contributed by atoms with Gasteiger partial charge in [0.25, 0.3) is 0 Å². The minimum absolute atomic E-state index is 0.170. The summed E-state index contributed by atoms with van der Waals surface area (Å²) in [5, 5.41) is 0.524. The van der Waals surface area contributed by atoms with Crippen LogP contribution in [0.2, 0.25) is 10.0 Å². The van der Waals surface area contributed by atoms with Gasteiger partial charge in [0.2, 0.25) is 0 Å². The highest BCUT2D eigenvalue weighted by Gasteiger charge is 2.17. The summed E-state index contributed by atoms with van der Waals surface area (Å²) in [5.74, 6) is -0.170. The van der Waals surface area contributed by atoms with E-state index in [4.69, 9.17) is 28.9 Å². The lowest BCUT2D eigenvalue weighted by atomic mass is 9.97. The second kappa shape index (κ2) is 5.24. The highest BCUT2D eigenvalue weighted by Crippen LogP contribution is 2.30. The van der Waals surface area contributed by atoms with Gasteiger partial charge in [-0.15, -0.1) is 0 Å². The molecule has 0 amide bonds. The fourth-order valence-corrected chi connectivity index (χ4v) is 2.41. The van der Waals surface area contributed by atoms with Crippen LogP contribution in [0.3, 0.4) is 0 Å². The third-order valence-corrected chi connectivity index (χ3v) is 3.72. The Balaban J connectivity index is 2.56. The number of carbonyl (C=O) groups excluding carboxylic acids is 1. The lowest BCUT2D eigenvalue weighted by Crippen LogP contribution is -2.06. The van der Waals surface area contributed by atoms with Gasteiger partial charge in [0, 0.05) is 16.8 Å². The highest BCUT2D eigenvalue weighted by molar-refractivity contribution is 6.44. The zero-order valence-electron chi connectivity index (χ0n) is 10.6. The smallest absolute Gasteiger partial charge is 0.194 e. The van der Waals surface area contributed by atoms with Gasteiger partial charge in [-0.1, -0.05) is 47.0 Å². The van der Waals surface area contributed by atoms with E-state index in [1.54, 1.807) is 12.1 Å². The van der Waals surface area contributed by atoms with Crippen LogP contribution < -0.4 is 5.73 Å². The van der Waals surface area contributed by atoms with Crippen molar-refractivity contribution in [2.24, 2.45) is 0 Å². The molecule has 2 aromatic carbocycles. The average molecular weight is 294 g/mol. The number of carbonyl (C=O) groups is 1. The number of aryl methyl sites for hydroxylation is 2. The minimum atomic E-state index is -0.170. The molecule has 0 aliphatic heterocycles. The summed E-state index contributed by atoms with van der Waals surface area (Å²) in [6.07, 6.45) is 0. The van der Waals surface area contributed by atoms with Crippen LogP contribution in [0.25, 0.3) is 0 Å². The average Bonchev–Trinajstić information content (AvgIpc) is 2.33. The van der Waals surface area contributed by atoms with E-state index < -0.39 is 0 Å². The van der Waals surface area contributed by atoms with Crippen LogP contribution in [-0.2, 0) is 0 Å². The lowest BCUT2D eigenvalue weighted by molar-refractivity contribution is 0.103. The first kappa shape index (κ1) is 13.9. The van der Waals surface area contributed by atoms with Crippen molar-refractivity contribution in [2.75, 3.05) is 5.73 Å². The van der Waals surface area contributed by atoms with Crippen LogP contribution in [0.5, 0.6) is 0 Å². The molecule has 0 bridgehead atoms. The fourth-order valence-electron chi connectivity index (χ4n) is 1.99. The largest absolute Gasteiger partial charge is 0.399 e. The van der Waals surface area contributed by atoms with E-state index >= 15 is 0 Å². The summed E-state index contributed by atoms with van der Waals surface area (Å²) in [7, 11) is 0. The Kier molecular flexibility index (Phi) is 3.83. The summed E-state index contributed by atoms with van der Waals surface area (Å²) in [6, 6.07) is 8.72. The maximum Gasteiger partial charge on any atom is 0.194 e. The molecule has 0 aromatic heterocycles. The molecule has 0 spiro atoms. The molecule has 19 heavy (non-hydrogen) atoms. The molecule has 2 aromatic rings. The topological polar surface area (TPSA) is 43.1 Å². The molecule has 4 heteroatoms. The maximum absolute atomic E-state index is 12.5. The third kappa shape index (κ3) is 2.75. The Morgan fingerprint density at radius 1 is 1.05 bits per heavy atom. The van der Waals surface area contributed by atoms with E-state index in [2.05, 4.69) is 0 Å². The SMILES string of the molecule is Cc1ccc(C(=O)c2cc(N)cc(Cl)c2Cl)c(C)c1. The third-order valence-electron chi connectivity index (χ3n) is 2.92. The van der Waals surface area contributed by atoms with E-state index in [0.29, 0.717) is 16.8 Å². The van der Waals surface area contributed by atoms with Crippen LogP contribution >= 0.6 is 23.2 Å². The quantitative estimate of drug-likeness (QED) is 0.658. The first-order chi connectivity index (χ1) is 8.90. The zero-order chi connectivity index (χ0) is 14.2. The van der Waals surface area contributed by atoms with E-state index in [-0.39, 0.29) is 15.8 Å². The van der Waals surface area contributed by atoms with Crippen LogP contribution in [0.1, 0.15) is 27.0 Å². The van der Waals surface area contributed by atoms with Crippen molar-refractivity contribution in [2.45, 2.75) is 13.8 Å². The summed E-state index contributed by atoms with van der Waals surface area (Å²) in [4.78, 5) is 12.5. The molecule has 0 saturated carbocycles. The van der Waals surface area contributed by atoms with Crippen LogP contribution in [0.4, 0.5) is 5.69 Å². The Morgan fingerprint density at radius 2 is 1.74 bits per heavy atom. The number of hydrogen-bond acceptors (Lipinski definition) is 2. The molecule has 2 nitrogen and oxygen atoms in total. The van der Waals surface area contributed by atoms with Crippen molar-refractivity contribution in [3.63, 3.8) is 0 Å². The molecular weight excluding hydrogens is 281 g/mol. The predicted octanol–water partition coefficient (Wildman–Crippen LogP) is 4.42. The number of rotatable bonds is 2. The summed E-state index contributed by atoms with van der Waals surface area (Å²) < 4.78 is 0. The van der Waals surface area contributed by atoms with Gasteiger partial charge in [0.15, 0.2) is 5.78 Å². The van der Waals surface area contributed by atoms with Crippen LogP contribution in [0, 0.1) is 13.8 Å². The molecule has 0 aliphatic carbocycles. The molecule has 98 valence electrons. The van der Waals surface area contributed by atoms with Gasteiger partial charge in [-0.3, -0.25) is 4.79 Å². The van der Waals surface area contributed by atoms with E-state index in [0.717, 1.165) is 11.1 Å². The molecule has 0 unspecified atom stereocenters. The number of halogens is 2. The Hall–Kier alpha value is -1.51. The lowest BCUT2D eigenvalue weighted by Gasteiger charge is -2.09. The molecule has 0 aliphatic rings. The van der Waals surface area contributed by atoms with Gasteiger partial charge >= 0.3 is 0 Å². The maximum atomic E-state index is 12.5. The summed E-state index contributed by atoms with van der Waals surface area (Å²) in [6.45, 7) is 3.87. The first-order valence-corrected chi connectivity index (χ1v) is 6.52. The number of anilines is 1. The van der Waals surface area contributed by atoms with Gasteiger partial charge in [0.1, 0.15) is 0 Å². The van der Waals surface area contributed by atoms with Crippen molar-refractivity contribution in [1.29, 1.82) is 0 Å². The fraction of sp³-hybridized carbons (Fsp3) is 0.133. The Morgan fingerprint density at radius 3 is 2.37 bits per heavy atom. The molecule has 2 N–H and O–H groups in total. The molecular formula is C15H13Cl2NO. The Bertz CT molecular complexity index is 665. The number of benzene rings is 2. The Labute approximate surface area is 122 Å². The monoisotopic (exact) mass is 293 g/mol. The van der Waals surface area contributed by atoms with E-state index in [1.807, 2.05) is 26.0 Å². The minimum Gasteiger partial charge on any atom is -0.399 e. The second-order valence-electron chi connectivity index (χ2n) is 4.51. The highest BCUT2D eigenvalue weighted by atomic mass is 35.5. The van der Waals surface area contributed by atoms with Crippen molar-refractivity contribution < 1.29 is 4.79 Å². The van der Waals surface area contributed by atoms with Crippen LogP contribution in [-0.4, -0.2) is 5.78 Å². The molecule has 0 radical (unpaired) electrons. The first-order valence-electron chi connectivity index (χ1n) is 5.76.